The molecule has 2 unspecified atom stereocenters. The van der Waals surface area contributed by atoms with E-state index >= 15 is 0 Å². The van der Waals surface area contributed by atoms with Crippen LogP contribution in [0, 0.1) is 0 Å². The predicted molar refractivity (Wildman–Crippen MR) is 189 cm³/mol. The largest absolute Gasteiger partial charge is 0.362 e. The van der Waals surface area contributed by atoms with Gasteiger partial charge in [-0.05, 0) is 53.2 Å². The Morgan fingerprint density at radius 3 is 1.79 bits per heavy atom. The molecule has 0 spiro atoms. The summed E-state index contributed by atoms with van der Waals surface area (Å²) in [6, 6.07) is 51.7. The summed E-state index contributed by atoms with van der Waals surface area (Å²) >= 11 is 0. The van der Waals surface area contributed by atoms with E-state index in [0.717, 1.165) is 27.8 Å². The first-order valence-corrected chi connectivity index (χ1v) is 16.4. The van der Waals surface area contributed by atoms with Crippen LogP contribution in [0.2, 0.25) is 0 Å². The number of rotatable bonds is 7. The summed E-state index contributed by atoms with van der Waals surface area (Å²) in [5, 5.41) is 23.1. The second-order valence-corrected chi connectivity index (χ2v) is 13.4. The van der Waals surface area contributed by atoms with Crippen LogP contribution in [0.4, 0.5) is 5.82 Å². The molecule has 0 saturated heterocycles. The first-order chi connectivity index (χ1) is 21.2. The van der Waals surface area contributed by atoms with Crippen LogP contribution in [0.5, 0.6) is 0 Å². The predicted octanol–water partition coefficient (Wildman–Crippen LogP) is 7.88. The molecular formula is C38H31N3P2. The van der Waals surface area contributed by atoms with Gasteiger partial charge >= 0.3 is 0 Å². The molecule has 208 valence electrons. The third-order valence-electron chi connectivity index (χ3n) is 7.88. The molecule has 5 heteroatoms. The Morgan fingerprint density at radius 1 is 0.605 bits per heavy atom. The van der Waals surface area contributed by atoms with Crippen molar-refractivity contribution in [1.82, 2.24) is 10.2 Å². The van der Waals surface area contributed by atoms with Crippen LogP contribution in [-0.4, -0.2) is 10.2 Å². The number of aromatic nitrogens is 2. The van der Waals surface area contributed by atoms with E-state index < -0.39 is 7.92 Å². The lowest BCUT2D eigenvalue weighted by Gasteiger charge is -2.26. The number of benzene rings is 6. The average Bonchev–Trinajstić information content (AvgIpc) is 3.07. The zero-order valence-corrected chi connectivity index (χ0v) is 25.9. The summed E-state index contributed by atoms with van der Waals surface area (Å²) in [5.74, 6) is 0.789. The Balaban J connectivity index is 1.50. The molecule has 0 aliphatic heterocycles. The Hall–Kier alpha value is -4.42. The van der Waals surface area contributed by atoms with Crippen LogP contribution in [0.15, 0.2) is 146 Å². The van der Waals surface area contributed by atoms with E-state index in [-0.39, 0.29) is 6.04 Å². The van der Waals surface area contributed by atoms with Gasteiger partial charge in [0.1, 0.15) is 5.69 Å². The smallest absolute Gasteiger partial charge is 0.157 e. The lowest BCUT2D eigenvalue weighted by molar-refractivity contribution is 0.866. The van der Waals surface area contributed by atoms with Crippen molar-refractivity contribution in [3.05, 3.63) is 151 Å². The molecule has 0 fully saturated rings. The van der Waals surface area contributed by atoms with Gasteiger partial charge in [-0.1, -0.05) is 140 Å². The molecule has 0 saturated carbocycles. The molecule has 1 heterocycles. The molecule has 6 aromatic carbocycles. The zero-order valence-electron chi connectivity index (χ0n) is 23.9. The van der Waals surface area contributed by atoms with Gasteiger partial charge in [-0.2, -0.15) is 0 Å². The maximum Gasteiger partial charge on any atom is 0.157 e. The second kappa shape index (κ2) is 12.1. The van der Waals surface area contributed by atoms with Crippen LogP contribution >= 0.6 is 17.2 Å². The molecule has 0 aliphatic carbocycles. The number of hydrogen-bond acceptors (Lipinski definition) is 3. The molecule has 0 aliphatic rings. The number of nitrogens with zero attached hydrogens (tertiary/aromatic N) is 2. The van der Waals surface area contributed by atoms with Crippen LogP contribution in [0.1, 0.15) is 18.5 Å². The van der Waals surface area contributed by atoms with Gasteiger partial charge in [0.25, 0.3) is 0 Å². The molecule has 0 radical (unpaired) electrons. The van der Waals surface area contributed by atoms with E-state index in [1.165, 1.54) is 37.6 Å². The fourth-order valence-corrected chi connectivity index (χ4v) is 9.06. The molecule has 43 heavy (non-hydrogen) atoms. The number of fused-ring (bicyclic) bond motifs is 2. The van der Waals surface area contributed by atoms with Crippen molar-refractivity contribution in [3.8, 4) is 11.3 Å². The first kappa shape index (κ1) is 27.4. The highest BCUT2D eigenvalue weighted by Gasteiger charge is 2.26. The topological polar surface area (TPSA) is 37.8 Å². The second-order valence-electron chi connectivity index (χ2n) is 10.6. The SMILES string of the molecule is CC(Nc1nnc(-c2c(P(c3ccccc3)c3ccccc3)c(P)cc3ccccc23)c2ccccc12)c1ccccc1. The minimum Gasteiger partial charge on any atom is -0.362 e. The highest BCUT2D eigenvalue weighted by atomic mass is 31.1. The summed E-state index contributed by atoms with van der Waals surface area (Å²) in [4.78, 5) is 0. The molecule has 1 aromatic heterocycles. The van der Waals surface area contributed by atoms with Gasteiger partial charge in [0.15, 0.2) is 5.82 Å². The van der Waals surface area contributed by atoms with Crippen molar-refractivity contribution in [2.75, 3.05) is 5.32 Å². The van der Waals surface area contributed by atoms with Gasteiger partial charge in [0.05, 0.1) is 6.04 Å². The highest BCUT2D eigenvalue weighted by molar-refractivity contribution is 7.81. The Bertz CT molecular complexity index is 1990. The zero-order chi connectivity index (χ0) is 29.2. The van der Waals surface area contributed by atoms with E-state index in [0.29, 0.717) is 0 Å². The van der Waals surface area contributed by atoms with Gasteiger partial charge < -0.3 is 5.32 Å². The van der Waals surface area contributed by atoms with E-state index in [1.54, 1.807) is 0 Å². The fourth-order valence-electron chi connectivity index (χ4n) is 5.83. The number of anilines is 1. The maximum absolute atomic E-state index is 5.03. The van der Waals surface area contributed by atoms with E-state index in [2.05, 4.69) is 161 Å². The van der Waals surface area contributed by atoms with Gasteiger partial charge in [-0.15, -0.1) is 19.4 Å². The maximum atomic E-state index is 5.03. The van der Waals surface area contributed by atoms with Crippen molar-refractivity contribution < 1.29 is 0 Å². The van der Waals surface area contributed by atoms with Gasteiger partial charge in [0, 0.05) is 21.6 Å². The average molecular weight is 592 g/mol. The van der Waals surface area contributed by atoms with Crippen molar-refractivity contribution in [2.24, 2.45) is 0 Å². The molecule has 0 amide bonds. The molecular weight excluding hydrogens is 560 g/mol. The van der Waals surface area contributed by atoms with Gasteiger partial charge in [-0.3, -0.25) is 0 Å². The Labute approximate surface area is 256 Å². The van der Waals surface area contributed by atoms with Gasteiger partial charge in [-0.25, -0.2) is 0 Å². The molecule has 3 nitrogen and oxygen atoms in total. The minimum absolute atomic E-state index is 0.0838. The molecule has 0 bridgehead atoms. The standard InChI is InChI=1S/C38H31N3P2/c1-26(27-15-5-2-6-16-27)39-38-33-24-14-13-23-32(33)36(40-41-38)35-31-22-12-11-17-28(31)25-34(42)37(35)43(29-18-7-3-8-19-29)30-20-9-4-10-21-30/h2-26H,42H2,1H3,(H,39,41). The summed E-state index contributed by atoms with van der Waals surface area (Å²) in [6.07, 6.45) is 0. The van der Waals surface area contributed by atoms with Crippen LogP contribution in [0.3, 0.4) is 0 Å². The van der Waals surface area contributed by atoms with Crippen LogP contribution < -0.4 is 26.5 Å². The lowest BCUT2D eigenvalue weighted by Crippen LogP contribution is -2.30. The monoisotopic (exact) mass is 591 g/mol. The Morgan fingerprint density at radius 2 is 1.14 bits per heavy atom. The van der Waals surface area contributed by atoms with Crippen molar-refractivity contribution in [3.63, 3.8) is 0 Å². The molecule has 7 aromatic rings. The van der Waals surface area contributed by atoms with Crippen LogP contribution in [-0.2, 0) is 0 Å². The normalized spacial score (nSPS) is 12.1. The quantitative estimate of drug-likeness (QED) is 0.192. The van der Waals surface area contributed by atoms with E-state index in [1.807, 2.05) is 6.07 Å². The van der Waals surface area contributed by atoms with Crippen molar-refractivity contribution in [1.29, 1.82) is 0 Å². The van der Waals surface area contributed by atoms with Crippen molar-refractivity contribution >= 4 is 65.7 Å². The van der Waals surface area contributed by atoms with Crippen molar-refractivity contribution in [2.45, 2.75) is 13.0 Å². The molecule has 1 N–H and O–H groups in total. The molecule has 2 atom stereocenters. The highest BCUT2D eigenvalue weighted by Crippen LogP contribution is 2.41. The minimum atomic E-state index is -0.896. The first-order valence-electron chi connectivity index (χ1n) is 14.5. The van der Waals surface area contributed by atoms with E-state index in [9.17, 15) is 0 Å². The van der Waals surface area contributed by atoms with E-state index in [4.69, 9.17) is 10.2 Å². The third-order valence-corrected chi connectivity index (χ3v) is 11.1. The summed E-state index contributed by atoms with van der Waals surface area (Å²) in [6.45, 7) is 2.16. The lowest BCUT2D eigenvalue weighted by atomic mass is 9.98. The third kappa shape index (κ3) is 5.32. The Kier molecular flexibility index (Phi) is 7.69. The van der Waals surface area contributed by atoms with Gasteiger partial charge in [0.2, 0.25) is 0 Å². The summed E-state index contributed by atoms with van der Waals surface area (Å²) in [5.41, 5.74) is 3.26. The summed E-state index contributed by atoms with van der Waals surface area (Å²) in [7, 11) is 2.16. The molecule has 7 rings (SSSR count). The number of hydrogen-bond donors (Lipinski definition) is 1. The van der Waals surface area contributed by atoms with Crippen LogP contribution in [0.25, 0.3) is 32.8 Å². The fraction of sp³-hybridized carbons (Fsp3) is 0.0526. The summed E-state index contributed by atoms with van der Waals surface area (Å²) < 4.78 is 0. The number of nitrogens with one attached hydrogen (secondary N) is 1.